The summed E-state index contributed by atoms with van der Waals surface area (Å²) in [4.78, 5) is 24.0. The van der Waals surface area contributed by atoms with Gasteiger partial charge >= 0.3 is 0 Å². The van der Waals surface area contributed by atoms with Gasteiger partial charge in [0.15, 0.2) is 0 Å². The Hall–Kier alpha value is -3.12. The number of aliphatic hydroxyl groups is 1. The first-order valence-electron chi connectivity index (χ1n) is 8.90. The van der Waals surface area contributed by atoms with E-state index in [4.69, 9.17) is 0 Å². The molecule has 2 heterocycles. The Morgan fingerprint density at radius 1 is 1.15 bits per heavy atom. The number of anilines is 1. The number of carbonyl (C=O) groups excluding carboxylic acids is 2. The zero-order valence-electron chi connectivity index (χ0n) is 15.0. The van der Waals surface area contributed by atoms with Gasteiger partial charge in [-0.15, -0.1) is 0 Å². The van der Waals surface area contributed by atoms with Crippen molar-refractivity contribution in [3.8, 4) is 0 Å². The van der Waals surface area contributed by atoms with Crippen molar-refractivity contribution < 1.29 is 14.7 Å². The topological polar surface area (TPSA) is 83.4 Å². The SMILES string of the molecule is CC1(n2cc3cccc(NCc4ccccc4)c3c2)CC(O)C(=O)NC1=O. The summed E-state index contributed by atoms with van der Waals surface area (Å²) in [5.41, 5.74) is 1.11. The van der Waals surface area contributed by atoms with Crippen molar-refractivity contribution >= 4 is 28.3 Å². The molecule has 2 amide bonds. The summed E-state index contributed by atoms with van der Waals surface area (Å²) in [5, 5.41) is 17.6. The highest BCUT2D eigenvalue weighted by molar-refractivity contribution is 6.04. The molecule has 1 aliphatic heterocycles. The molecule has 1 aromatic heterocycles. The molecule has 2 aromatic carbocycles. The van der Waals surface area contributed by atoms with Crippen LogP contribution < -0.4 is 10.6 Å². The van der Waals surface area contributed by atoms with Crippen LogP contribution in [0.15, 0.2) is 60.9 Å². The average Bonchev–Trinajstić information content (AvgIpc) is 3.11. The van der Waals surface area contributed by atoms with E-state index >= 15 is 0 Å². The third kappa shape index (κ3) is 3.08. The minimum absolute atomic E-state index is 0.0471. The van der Waals surface area contributed by atoms with Crippen molar-refractivity contribution in [1.29, 1.82) is 0 Å². The molecule has 0 aliphatic carbocycles. The van der Waals surface area contributed by atoms with Crippen LogP contribution in [0.3, 0.4) is 0 Å². The molecule has 6 heteroatoms. The summed E-state index contributed by atoms with van der Waals surface area (Å²) in [6.45, 7) is 2.42. The number of carbonyl (C=O) groups is 2. The second kappa shape index (κ2) is 6.55. The van der Waals surface area contributed by atoms with Crippen LogP contribution in [0.1, 0.15) is 18.9 Å². The van der Waals surface area contributed by atoms with Crippen LogP contribution in [0, 0.1) is 0 Å². The van der Waals surface area contributed by atoms with Gasteiger partial charge in [-0.3, -0.25) is 14.9 Å². The predicted octanol–water partition coefficient (Wildman–Crippen LogP) is 2.38. The van der Waals surface area contributed by atoms with Gasteiger partial charge in [0.1, 0.15) is 11.6 Å². The van der Waals surface area contributed by atoms with E-state index in [2.05, 4.69) is 22.8 Å². The molecule has 0 saturated carbocycles. The zero-order chi connectivity index (χ0) is 19.0. The Morgan fingerprint density at radius 2 is 1.93 bits per heavy atom. The Balaban J connectivity index is 1.66. The first-order valence-corrected chi connectivity index (χ1v) is 8.90. The summed E-state index contributed by atoms with van der Waals surface area (Å²) in [6.07, 6.45) is 2.62. The molecule has 0 radical (unpaired) electrons. The van der Waals surface area contributed by atoms with Gasteiger partial charge in [0.05, 0.1) is 0 Å². The van der Waals surface area contributed by atoms with Crippen molar-refractivity contribution in [2.24, 2.45) is 0 Å². The summed E-state index contributed by atoms with van der Waals surface area (Å²) in [6, 6.07) is 16.0. The lowest BCUT2D eigenvalue weighted by molar-refractivity contribution is -0.147. The number of nitrogens with one attached hydrogen (secondary N) is 2. The van der Waals surface area contributed by atoms with E-state index in [1.807, 2.05) is 48.8 Å². The molecule has 2 unspecified atom stereocenters. The number of rotatable bonds is 4. The van der Waals surface area contributed by atoms with E-state index in [-0.39, 0.29) is 6.42 Å². The van der Waals surface area contributed by atoms with Gasteiger partial charge in [-0.25, -0.2) is 0 Å². The molecular weight excluding hydrogens is 342 g/mol. The number of imide groups is 1. The maximum Gasteiger partial charge on any atom is 0.255 e. The van der Waals surface area contributed by atoms with Gasteiger partial charge in [0.2, 0.25) is 0 Å². The standard InChI is InChI=1S/C21H21N3O3/c1-21(10-18(25)19(26)23-20(21)27)24-12-15-8-5-9-17(16(15)13-24)22-11-14-6-3-2-4-7-14/h2-9,12-13,18,22,25H,10-11H2,1H3,(H,23,26,27). The van der Waals surface area contributed by atoms with Gasteiger partial charge < -0.3 is 15.0 Å². The largest absolute Gasteiger partial charge is 0.383 e. The average molecular weight is 363 g/mol. The van der Waals surface area contributed by atoms with Crippen LogP contribution in [0.5, 0.6) is 0 Å². The van der Waals surface area contributed by atoms with Crippen molar-refractivity contribution in [1.82, 2.24) is 9.88 Å². The Labute approximate surface area is 156 Å². The number of aromatic nitrogens is 1. The Morgan fingerprint density at radius 3 is 2.70 bits per heavy atom. The Kier molecular flexibility index (Phi) is 4.20. The molecule has 27 heavy (non-hydrogen) atoms. The van der Waals surface area contributed by atoms with Gasteiger partial charge in [-0.05, 0) is 18.6 Å². The van der Waals surface area contributed by atoms with E-state index in [1.165, 1.54) is 5.56 Å². The highest BCUT2D eigenvalue weighted by atomic mass is 16.3. The fourth-order valence-electron chi connectivity index (χ4n) is 3.51. The number of hydrogen-bond donors (Lipinski definition) is 3. The van der Waals surface area contributed by atoms with Gasteiger partial charge in [-0.1, -0.05) is 42.5 Å². The number of amides is 2. The molecule has 0 bridgehead atoms. The van der Waals surface area contributed by atoms with Crippen molar-refractivity contribution in [3.63, 3.8) is 0 Å². The quantitative estimate of drug-likeness (QED) is 0.622. The van der Waals surface area contributed by atoms with E-state index in [9.17, 15) is 14.7 Å². The normalized spacial score (nSPS) is 22.7. The van der Waals surface area contributed by atoms with Crippen molar-refractivity contribution in [3.05, 3.63) is 66.5 Å². The minimum atomic E-state index is -1.20. The molecule has 1 fully saturated rings. The minimum Gasteiger partial charge on any atom is -0.383 e. The number of hydrogen-bond acceptors (Lipinski definition) is 4. The maximum atomic E-state index is 12.5. The van der Waals surface area contributed by atoms with Crippen LogP contribution in [-0.4, -0.2) is 27.6 Å². The number of benzene rings is 2. The van der Waals surface area contributed by atoms with Crippen LogP contribution in [0.25, 0.3) is 10.8 Å². The first-order chi connectivity index (χ1) is 13.0. The number of piperidine rings is 1. The number of nitrogens with zero attached hydrogens (tertiary/aromatic N) is 1. The van der Waals surface area contributed by atoms with Crippen molar-refractivity contribution in [2.75, 3.05) is 5.32 Å². The maximum absolute atomic E-state index is 12.5. The van der Waals surface area contributed by atoms with E-state index in [1.54, 1.807) is 11.5 Å². The van der Waals surface area contributed by atoms with E-state index < -0.39 is 23.5 Å². The van der Waals surface area contributed by atoms with Crippen LogP contribution in [-0.2, 0) is 21.7 Å². The smallest absolute Gasteiger partial charge is 0.255 e. The molecule has 1 aliphatic rings. The predicted molar refractivity (Wildman–Crippen MR) is 103 cm³/mol. The monoisotopic (exact) mass is 363 g/mol. The van der Waals surface area contributed by atoms with Gasteiger partial charge in [-0.2, -0.15) is 0 Å². The third-order valence-electron chi connectivity index (χ3n) is 5.20. The summed E-state index contributed by atoms with van der Waals surface area (Å²) in [5.74, 6) is -1.05. The molecule has 6 nitrogen and oxygen atoms in total. The lowest BCUT2D eigenvalue weighted by Crippen LogP contribution is -2.58. The van der Waals surface area contributed by atoms with Gasteiger partial charge in [0.25, 0.3) is 11.8 Å². The summed E-state index contributed by atoms with van der Waals surface area (Å²) in [7, 11) is 0. The van der Waals surface area contributed by atoms with Crippen LogP contribution in [0.2, 0.25) is 0 Å². The van der Waals surface area contributed by atoms with E-state index in [0.717, 1.165) is 16.5 Å². The second-order valence-electron chi connectivity index (χ2n) is 7.13. The number of aliphatic hydroxyl groups excluding tert-OH is 1. The number of fused-ring (bicyclic) bond motifs is 1. The molecule has 2 atom stereocenters. The highest BCUT2D eigenvalue weighted by Gasteiger charge is 2.44. The summed E-state index contributed by atoms with van der Waals surface area (Å²) >= 11 is 0. The van der Waals surface area contributed by atoms with Crippen LogP contribution in [0.4, 0.5) is 5.69 Å². The molecule has 3 N–H and O–H groups in total. The lowest BCUT2D eigenvalue weighted by atomic mass is 9.89. The molecule has 138 valence electrons. The summed E-state index contributed by atoms with van der Waals surface area (Å²) < 4.78 is 1.79. The Bertz CT molecular complexity index is 1010. The van der Waals surface area contributed by atoms with E-state index in [0.29, 0.717) is 6.54 Å². The first kappa shape index (κ1) is 17.3. The molecule has 0 spiro atoms. The highest BCUT2D eigenvalue weighted by Crippen LogP contribution is 2.32. The van der Waals surface area contributed by atoms with Gasteiger partial charge in [0, 0.05) is 41.8 Å². The molecule has 4 rings (SSSR count). The van der Waals surface area contributed by atoms with Crippen molar-refractivity contribution in [2.45, 2.75) is 31.5 Å². The third-order valence-corrected chi connectivity index (χ3v) is 5.20. The molecule has 3 aromatic rings. The second-order valence-corrected chi connectivity index (χ2v) is 7.13. The fourth-order valence-corrected chi connectivity index (χ4v) is 3.51. The molecule has 1 saturated heterocycles. The fraction of sp³-hybridized carbons (Fsp3) is 0.238. The lowest BCUT2D eigenvalue weighted by Gasteiger charge is -2.35. The zero-order valence-corrected chi connectivity index (χ0v) is 15.0. The molecular formula is C21H21N3O3. The van der Waals surface area contributed by atoms with Crippen LogP contribution >= 0.6 is 0 Å².